The van der Waals surface area contributed by atoms with Crippen molar-refractivity contribution in [1.82, 2.24) is 14.9 Å². The molecule has 9 nitrogen and oxygen atoms in total. The van der Waals surface area contributed by atoms with Crippen molar-refractivity contribution in [2.75, 3.05) is 11.9 Å². The largest absolute Gasteiger partial charge is 0.478 e. The first-order valence-corrected chi connectivity index (χ1v) is 10.5. The minimum absolute atomic E-state index is 0.0426. The Balaban J connectivity index is 1.60. The van der Waals surface area contributed by atoms with Crippen molar-refractivity contribution in [3.8, 4) is 0 Å². The molecule has 0 radical (unpaired) electrons. The second-order valence-corrected chi connectivity index (χ2v) is 7.40. The number of amides is 1. The highest BCUT2D eigenvalue weighted by molar-refractivity contribution is 6.04. The highest BCUT2D eigenvalue weighted by Gasteiger charge is 2.12. The van der Waals surface area contributed by atoms with Crippen LogP contribution < -0.4 is 10.6 Å². The number of carbonyl (C=O) groups excluding carboxylic acids is 1. The third-order valence-corrected chi connectivity index (χ3v) is 5.02. The van der Waals surface area contributed by atoms with Crippen LogP contribution in [0.15, 0.2) is 42.5 Å². The van der Waals surface area contributed by atoms with Crippen LogP contribution in [0.4, 0.5) is 16.4 Å². The number of hydrogen-bond donors (Lipinski definition) is 4. The predicted molar refractivity (Wildman–Crippen MR) is 123 cm³/mol. The summed E-state index contributed by atoms with van der Waals surface area (Å²) in [6.45, 7) is 2.46. The average molecular weight is 438 g/mol. The molecule has 3 rings (SSSR count). The number of carbonyl (C=O) groups is 2. The minimum Gasteiger partial charge on any atom is -0.478 e. The lowest BCUT2D eigenvalue weighted by Gasteiger charge is -2.10. The fraction of sp³-hybridized carbons (Fsp3) is 0.304. The van der Waals surface area contributed by atoms with Gasteiger partial charge in [-0.1, -0.05) is 26.2 Å². The van der Waals surface area contributed by atoms with Crippen LogP contribution in [0.1, 0.15) is 48.5 Å². The van der Waals surface area contributed by atoms with Gasteiger partial charge in [-0.05, 0) is 48.9 Å². The molecule has 3 aromatic rings. The van der Waals surface area contributed by atoms with Crippen LogP contribution in [0.2, 0.25) is 0 Å². The molecule has 1 amide bonds. The Morgan fingerprint density at radius 1 is 1.09 bits per heavy atom. The Hall–Kier alpha value is -3.88. The van der Waals surface area contributed by atoms with E-state index in [4.69, 9.17) is 15.3 Å². The van der Waals surface area contributed by atoms with Crippen LogP contribution in [-0.4, -0.2) is 39.2 Å². The van der Waals surface area contributed by atoms with Crippen LogP contribution in [0, 0.1) is 5.41 Å². The number of alkyl carbamates (subject to hydrolysis) is 1. The number of carboxylic acids is 1. The van der Waals surface area contributed by atoms with E-state index in [0.29, 0.717) is 23.6 Å². The number of anilines is 2. The third-order valence-electron chi connectivity index (χ3n) is 5.02. The Morgan fingerprint density at radius 2 is 1.81 bits per heavy atom. The molecule has 0 saturated heterocycles. The molecule has 0 unspecified atom stereocenters. The smallest absolute Gasteiger partial charge is 0.412 e. The van der Waals surface area contributed by atoms with Gasteiger partial charge >= 0.3 is 12.1 Å². The minimum atomic E-state index is -1.00. The van der Waals surface area contributed by atoms with Gasteiger partial charge in [0.1, 0.15) is 5.84 Å². The Bertz CT molecular complexity index is 1120. The lowest BCUT2D eigenvalue weighted by molar-refractivity contribution is 0.0697. The molecule has 0 aliphatic carbocycles. The predicted octanol–water partition coefficient (Wildman–Crippen LogP) is 4.65. The fourth-order valence-electron chi connectivity index (χ4n) is 3.20. The first kappa shape index (κ1) is 22.8. The van der Waals surface area contributed by atoms with Gasteiger partial charge < -0.3 is 19.7 Å². The summed E-state index contributed by atoms with van der Waals surface area (Å²) in [4.78, 5) is 27.5. The standard InChI is InChI=1S/C23H27N5O4/c1-3-4-5-6-13-32-23(31)27-20(24)15-7-10-17(11-8-15)25-22-26-18-14-16(21(29)30)9-12-19(18)28(22)2/h7-12,14H,3-6,13H2,1-2H3,(H,25,26)(H,29,30)(H2,24,27,31). The molecular weight excluding hydrogens is 410 g/mol. The maximum absolute atomic E-state index is 11.8. The first-order valence-electron chi connectivity index (χ1n) is 10.5. The normalized spacial score (nSPS) is 10.7. The summed E-state index contributed by atoms with van der Waals surface area (Å²) in [5.41, 5.74) is 2.82. The molecule has 32 heavy (non-hydrogen) atoms. The van der Waals surface area contributed by atoms with Crippen LogP contribution >= 0.6 is 0 Å². The molecule has 0 fully saturated rings. The fourth-order valence-corrected chi connectivity index (χ4v) is 3.20. The van der Waals surface area contributed by atoms with Crippen molar-refractivity contribution < 1.29 is 19.4 Å². The van der Waals surface area contributed by atoms with E-state index >= 15 is 0 Å². The molecule has 0 aliphatic heterocycles. The SMILES string of the molecule is CCCCCCOC(=O)NC(=N)c1ccc(Nc2nc3cc(C(=O)O)ccc3n2C)cc1. The van der Waals surface area contributed by atoms with Gasteiger partial charge in [0.05, 0.1) is 23.2 Å². The highest BCUT2D eigenvalue weighted by Crippen LogP contribution is 2.23. The van der Waals surface area contributed by atoms with Crippen molar-refractivity contribution in [2.24, 2.45) is 7.05 Å². The zero-order valence-electron chi connectivity index (χ0n) is 18.1. The number of ether oxygens (including phenoxy) is 1. The van der Waals surface area contributed by atoms with Gasteiger partial charge in [-0.15, -0.1) is 0 Å². The number of benzene rings is 2. The van der Waals surface area contributed by atoms with Gasteiger partial charge in [0.2, 0.25) is 5.95 Å². The summed E-state index contributed by atoms with van der Waals surface area (Å²) < 4.78 is 6.93. The second-order valence-electron chi connectivity index (χ2n) is 7.40. The van der Waals surface area contributed by atoms with Gasteiger partial charge in [0, 0.05) is 18.3 Å². The Labute approximate surface area is 185 Å². The summed E-state index contributed by atoms with van der Waals surface area (Å²) in [5, 5.41) is 22.8. The number of aryl methyl sites for hydroxylation is 1. The van der Waals surface area contributed by atoms with Crippen molar-refractivity contribution in [1.29, 1.82) is 5.41 Å². The number of imidazole rings is 1. The van der Waals surface area contributed by atoms with Gasteiger partial charge in [-0.3, -0.25) is 10.7 Å². The topological polar surface area (TPSA) is 129 Å². The number of aromatic nitrogens is 2. The van der Waals surface area contributed by atoms with Gasteiger partial charge in [-0.25, -0.2) is 14.6 Å². The molecular formula is C23H27N5O4. The monoisotopic (exact) mass is 437 g/mol. The average Bonchev–Trinajstić information content (AvgIpc) is 3.08. The number of fused-ring (bicyclic) bond motifs is 1. The number of nitrogens with zero attached hydrogens (tertiary/aromatic N) is 2. The second kappa shape index (κ2) is 10.4. The van der Waals surface area contributed by atoms with Crippen molar-refractivity contribution in [3.63, 3.8) is 0 Å². The van der Waals surface area contributed by atoms with E-state index in [-0.39, 0.29) is 11.4 Å². The summed E-state index contributed by atoms with van der Waals surface area (Å²) in [7, 11) is 1.83. The van der Waals surface area contributed by atoms with Gasteiger partial charge in [-0.2, -0.15) is 0 Å². The molecule has 0 saturated carbocycles. The summed E-state index contributed by atoms with van der Waals surface area (Å²) in [6.07, 6.45) is 3.42. The van der Waals surface area contributed by atoms with Crippen molar-refractivity contribution in [3.05, 3.63) is 53.6 Å². The molecule has 168 valence electrons. The number of nitrogens with one attached hydrogen (secondary N) is 3. The van der Waals surface area contributed by atoms with E-state index in [1.165, 1.54) is 6.07 Å². The van der Waals surface area contributed by atoms with Crippen molar-refractivity contribution in [2.45, 2.75) is 32.6 Å². The zero-order valence-corrected chi connectivity index (χ0v) is 18.1. The number of hydrogen-bond acceptors (Lipinski definition) is 6. The lowest BCUT2D eigenvalue weighted by Crippen LogP contribution is -2.31. The van der Waals surface area contributed by atoms with Crippen LogP contribution in [-0.2, 0) is 11.8 Å². The maximum Gasteiger partial charge on any atom is 0.412 e. The van der Waals surface area contributed by atoms with E-state index in [9.17, 15) is 9.59 Å². The summed E-state index contributed by atoms with van der Waals surface area (Å²) in [6, 6.07) is 11.7. The number of aromatic carboxylic acids is 1. The third kappa shape index (κ3) is 5.63. The van der Waals surface area contributed by atoms with E-state index in [0.717, 1.165) is 36.9 Å². The van der Waals surface area contributed by atoms with E-state index in [1.807, 2.05) is 11.6 Å². The molecule has 0 aliphatic rings. The molecule has 1 aromatic heterocycles. The first-order chi connectivity index (χ1) is 15.4. The molecule has 0 spiro atoms. The molecule has 4 N–H and O–H groups in total. The number of rotatable bonds is 9. The van der Waals surface area contributed by atoms with Gasteiger partial charge in [0.25, 0.3) is 0 Å². The number of carboxylic acid groups (broad SMARTS) is 1. The van der Waals surface area contributed by atoms with E-state index in [1.54, 1.807) is 36.4 Å². The van der Waals surface area contributed by atoms with Crippen LogP contribution in [0.5, 0.6) is 0 Å². The lowest BCUT2D eigenvalue weighted by atomic mass is 10.2. The van der Waals surface area contributed by atoms with Crippen LogP contribution in [0.25, 0.3) is 11.0 Å². The number of unbranched alkanes of at least 4 members (excludes halogenated alkanes) is 3. The van der Waals surface area contributed by atoms with Crippen molar-refractivity contribution >= 4 is 40.6 Å². The van der Waals surface area contributed by atoms with E-state index < -0.39 is 12.1 Å². The molecule has 0 atom stereocenters. The summed E-state index contributed by atoms with van der Waals surface area (Å²) >= 11 is 0. The zero-order chi connectivity index (χ0) is 23.1. The Morgan fingerprint density at radius 3 is 2.50 bits per heavy atom. The number of amidine groups is 1. The molecule has 2 aromatic carbocycles. The molecule has 1 heterocycles. The molecule has 0 bridgehead atoms. The van der Waals surface area contributed by atoms with Crippen LogP contribution in [0.3, 0.4) is 0 Å². The Kier molecular flexibility index (Phi) is 7.43. The summed E-state index contributed by atoms with van der Waals surface area (Å²) in [5.74, 6) is -0.492. The maximum atomic E-state index is 11.8. The molecule has 9 heteroatoms. The van der Waals surface area contributed by atoms with E-state index in [2.05, 4.69) is 22.5 Å². The quantitative estimate of drug-likeness (QED) is 0.219. The van der Waals surface area contributed by atoms with Gasteiger partial charge in [0.15, 0.2) is 0 Å². The highest BCUT2D eigenvalue weighted by atomic mass is 16.5.